The summed E-state index contributed by atoms with van der Waals surface area (Å²) in [6.45, 7) is 5.91. The second kappa shape index (κ2) is 10.6. The van der Waals surface area contributed by atoms with Gasteiger partial charge in [-0.05, 0) is 148 Å². The molecule has 9 rings (SSSR count). The minimum atomic E-state index is -0.934. The van der Waals surface area contributed by atoms with Crippen molar-refractivity contribution < 1.29 is 19.7 Å². The number of hydrogen-bond acceptors (Lipinski definition) is 4. The number of hydrogen-bond donors (Lipinski definition) is 3. The molecule has 0 aliphatic heterocycles. The highest BCUT2D eigenvalue weighted by Gasteiger charge is 2.63. The van der Waals surface area contributed by atoms with Crippen molar-refractivity contribution >= 4 is 11.7 Å². The molecule has 2 amide bonds. The maximum Gasteiger partial charge on any atom is 0.321 e. The molecule has 0 radical (unpaired) electrons. The first-order chi connectivity index (χ1) is 21.5. The second-order valence-corrected chi connectivity index (χ2v) is 17.2. The molecule has 3 N–H and O–H groups in total. The van der Waals surface area contributed by atoms with Crippen molar-refractivity contribution in [2.75, 3.05) is 25.5 Å². The summed E-state index contributed by atoms with van der Waals surface area (Å²) in [4.78, 5) is 16.3. The van der Waals surface area contributed by atoms with Gasteiger partial charge in [0.1, 0.15) is 5.75 Å². The number of carbonyl (C=O) groups is 1. The molecular formula is C39H54N2O4. The van der Waals surface area contributed by atoms with Gasteiger partial charge in [0.15, 0.2) is 0 Å². The predicted octanol–water partition coefficient (Wildman–Crippen LogP) is 7.72. The molecule has 8 aliphatic carbocycles. The van der Waals surface area contributed by atoms with E-state index in [-0.39, 0.29) is 28.4 Å². The van der Waals surface area contributed by atoms with Gasteiger partial charge in [-0.2, -0.15) is 0 Å². The summed E-state index contributed by atoms with van der Waals surface area (Å²) in [5.41, 5.74) is 2.81. The lowest BCUT2D eigenvalue weighted by Crippen LogP contribution is -2.59. The van der Waals surface area contributed by atoms with Crippen molar-refractivity contribution in [3.63, 3.8) is 0 Å². The lowest BCUT2D eigenvalue weighted by atomic mass is 9.49. The Bertz CT molecular complexity index is 1360. The van der Waals surface area contributed by atoms with Crippen LogP contribution in [0.2, 0.25) is 0 Å². The number of allylic oxidation sites excluding steroid dienone is 3. The van der Waals surface area contributed by atoms with Gasteiger partial charge in [-0.3, -0.25) is 0 Å². The van der Waals surface area contributed by atoms with Crippen LogP contribution in [0.1, 0.15) is 97.3 Å². The third kappa shape index (κ3) is 4.82. The molecule has 1 aromatic carbocycles. The summed E-state index contributed by atoms with van der Waals surface area (Å²) in [5, 5.41) is 26.5. The van der Waals surface area contributed by atoms with E-state index in [0.717, 1.165) is 80.7 Å². The fourth-order valence-electron chi connectivity index (χ4n) is 12.6. The van der Waals surface area contributed by atoms with Gasteiger partial charge in [0.2, 0.25) is 0 Å². The largest absolute Gasteiger partial charge is 0.497 e. The lowest BCUT2D eigenvalue weighted by Gasteiger charge is -2.59. The number of anilines is 1. The van der Waals surface area contributed by atoms with E-state index >= 15 is 0 Å². The van der Waals surface area contributed by atoms with E-state index in [0.29, 0.717) is 18.4 Å². The van der Waals surface area contributed by atoms with Crippen molar-refractivity contribution in [1.29, 1.82) is 0 Å². The monoisotopic (exact) mass is 614 g/mol. The van der Waals surface area contributed by atoms with Crippen LogP contribution in [0.25, 0.3) is 0 Å². The average Bonchev–Trinajstić information content (AvgIpc) is 3.26. The Kier molecular flexibility index (Phi) is 7.08. The number of ether oxygens (including phenoxy) is 1. The molecule has 8 aliphatic rings. The molecule has 6 nitrogen and oxygen atoms in total. The van der Waals surface area contributed by atoms with Crippen molar-refractivity contribution in [1.82, 2.24) is 4.90 Å². The molecule has 0 spiro atoms. The van der Waals surface area contributed by atoms with Crippen molar-refractivity contribution in [2.24, 2.45) is 45.8 Å². The van der Waals surface area contributed by atoms with Crippen LogP contribution in [-0.2, 0) is 0 Å². The quantitative estimate of drug-likeness (QED) is 0.306. The van der Waals surface area contributed by atoms with Gasteiger partial charge in [0.05, 0.1) is 25.4 Å². The Balaban J connectivity index is 1.08. The highest BCUT2D eigenvalue weighted by Crippen LogP contribution is 2.66. The fourth-order valence-corrected chi connectivity index (χ4v) is 12.6. The van der Waals surface area contributed by atoms with Gasteiger partial charge in [-0.25, -0.2) is 4.79 Å². The van der Waals surface area contributed by atoms with Gasteiger partial charge >= 0.3 is 6.03 Å². The highest BCUT2D eigenvalue weighted by atomic mass is 16.5. The highest BCUT2D eigenvalue weighted by molar-refractivity contribution is 5.89. The summed E-state index contributed by atoms with van der Waals surface area (Å²) in [7, 11) is 1.66. The molecule has 0 aromatic heterocycles. The SMILES string of the molecule is COc1ccc(NC(=O)N(CC23CC4CC(CC(C4)C2)C3)CC2(O)CCC3C4=CC=C5CC(O)CCC5(C)C4CCC32C)cc1. The predicted molar refractivity (Wildman–Crippen MR) is 177 cm³/mol. The molecule has 4 bridgehead atoms. The summed E-state index contributed by atoms with van der Waals surface area (Å²) < 4.78 is 5.35. The Hall–Kier alpha value is -2.31. The third-order valence-corrected chi connectivity index (χ3v) is 14.6. The van der Waals surface area contributed by atoms with Gasteiger partial charge in [0, 0.05) is 17.6 Å². The maximum atomic E-state index is 14.3. The van der Waals surface area contributed by atoms with E-state index in [1.54, 1.807) is 7.11 Å². The normalized spacial score (nSPS) is 44.3. The Labute approximate surface area is 269 Å². The third-order valence-electron chi connectivity index (χ3n) is 14.6. The summed E-state index contributed by atoms with van der Waals surface area (Å²) >= 11 is 0. The Morgan fingerprint density at radius 3 is 2.24 bits per heavy atom. The maximum absolute atomic E-state index is 14.3. The van der Waals surface area contributed by atoms with Crippen molar-refractivity contribution in [3.8, 4) is 5.75 Å². The van der Waals surface area contributed by atoms with Crippen LogP contribution in [0.15, 0.2) is 47.6 Å². The minimum absolute atomic E-state index is 0.0807. The zero-order valence-electron chi connectivity index (χ0n) is 27.7. The zero-order valence-corrected chi connectivity index (χ0v) is 27.7. The molecule has 0 saturated heterocycles. The lowest BCUT2D eigenvalue weighted by molar-refractivity contribution is -0.109. The van der Waals surface area contributed by atoms with Gasteiger partial charge in [-0.1, -0.05) is 37.1 Å². The zero-order chi connectivity index (χ0) is 31.2. The molecule has 6 unspecified atom stereocenters. The van der Waals surface area contributed by atoms with Crippen LogP contribution in [0.3, 0.4) is 0 Å². The van der Waals surface area contributed by atoms with E-state index in [1.165, 1.54) is 49.7 Å². The molecule has 45 heavy (non-hydrogen) atoms. The topological polar surface area (TPSA) is 82.0 Å². The molecular weight excluding hydrogens is 560 g/mol. The number of nitrogens with one attached hydrogen (secondary N) is 1. The first kappa shape index (κ1) is 30.1. The van der Waals surface area contributed by atoms with E-state index in [1.807, 2.05) is 29.2 Å². The number of nitrogens with zero attached hydrogens (tertiary/aromatic N) is 1. The van der Waals surface area contributed by atoms with Crippen LogP contribution in [0.5, 0.6) is 5.75 Å². The van der Waals surface area contributed by atoms with E-state index in [2.05, 4.69) is 31.3 Å². The second-order valence-electron chi connectivity index (χ2n) is 17.2. The number of aliphatic hydroxyl groups is 2. The molecule has 6 heteroatoms. The number of fused-ring (bicyclic) bond motifs is 5. The number of aliphatic hydroxyl groups excluding tert-OH is 1. The summed E-state index contributed by atoms with van der Waals surface area (Å²) in [5.74, 6) is 4.03. The number of amides is 2. The molecule has 0 heterocycles. The smallest absolute Gasteiger partial charge is 0.321 e. The fraction of sp³-hybridized carbons (Fsp3) is 0.718. The summed E-state index contributed by atoms with van der Waals surface area (Å²) in [6.07, 6.45) is 18.8. The van der Waals surface area contributed by atoms with Crippen LogP contribution in [-0.4, -0.2) is 53.0 Å². The van der Waals surface area contributed by atoms with E-state index in [9.17, 15) is 15.0 Å². The average molecular weight is 615 g/mol. The van der Waals surface area contributed by atoms with E-state index in [4.69, 9.17) is 4.74 Å². The summed E-state index contributed by atoms with van der Waals surface area (Å²) in [6, 6.07) is 7.51. The molecule has 244 valence electrons. The first-order valence-corrected chi connectivity index (χ1v) is 18.0. The van der Waals surface area contributed by atoms with Crippen LogP contribution in [0, 0.1) is 45.8 Å². The van der Waals surface area contributed by atoms with Gasteiger partial charge in [0.25, 0.3) is 0 Å². The number of benzene rings is 1. The number of carbonyl (C=O) groups excluding carboxylic acids is 1. The molecule has 7 saturated carbocycles. The molecule has 1 aromatic rings. The first-order valence-electron chi connectivity index (χ1n) is 18.0. The van der Waals surface area contributed by atoms with Crippen LogP contribution in [0.4, 0.5) is 10.5 Å². The molecule has 6 atom stereocenters. The number of methoxy groups -OCH3 is 1. The standard InChI is InChI=1S/C39H54N2O4/c1-36-13-10-30(42)19-28(36)4-9-32-33(36)11-14-37(2)34(32)12-15-39(37,44)24-41(35(43)40-29-5-7-31(45-3)8-6-29)23-38-20-25-16-26(21-38)18-27(17-25)22-38/h4-9,25-27,30,33-34,42,44H,10-24H2,1-3H3,(H,40,43). The van der Waals surface area contributed by atoms with Crippen LogP contribution >= 0.6 is 0 Å². The Morgan fingerprint density at radius 2 is 1.58 bits per heavy atom. The Morgan fingerprint density at radius 1 is 0.911 bits per heavy atom. The van der Waals surface area contributed by atoms with Crippen molar-refractivity contribution in [2.45, 2.75) is 109 Å². The van der Waals surface area contributed by atoms with Crippen molar-refractivity contribution in [3.05, 3.63) is 47.6 Å². The molecule has 7 fully saturated rings. The van der Waals surface area contributed by atoms with Gasteiger partial charge < -0.3 is 25.2 Å². The number of rotatable bonds is 6. The van der Waals surface area contributed by atoms with Crippen LogP contribution < -0.4 is 10.1 Å². The van der Waals surface area contributed by atoms with Gasteiger partial charge in [-0.15, -0.1) is 0 Å². The van der Waals surface area contributed by atoms with E-state index < -0.39 is 5.60 Å². The number of urea groups is 1. The minimum Gasteiger partial charge on any atom is -0.497 e.